The van der Waals surface area contributed by atoms with E-state index in [-0.39, 0.29) is 23.3 Å². The van der Waals surface area contributed by atoms with Gasteiger partial charge in [-0.1, -0.05) is 12.1 Å². The van der Waals surface area contributed by atoms with Gasteiger partial charge < -0.3 is 9.67 Å². The summed E-state index contributed by atoms with van der Waals surface area (Å²) in [6.07, 6.45) is 1.87. The van der Waals surface area contributed by atoms with Gasteiger partial charge in [-0.15, -0.1) is 0 Å². The molecule has 1 N–H and O–H groups in total. The third-order valence-corrected chi connectivity index (χ3v) is 3.96. The fourth-order valence-electron chi connectivity index (χ4n) is 2.63. The molecule has 0 atom stereocenters. The van der Waals surface area contributed by atoms with Crippen LogP contribution in [0.15, 0.2) is 47.4 Å². The van der Waals surface area contributed by atoms with Crippen molar-refractivity contribution in [2.24, 2.45) is 7.05 Å². The summed E-state index contributed by atoms with van der Waals surface area (Å²) >= 11 is 0. The van der Waals surface area contributed by atoms with Crippen molar-refractivity contribution in [2.45, 2.75) is 12.8 Å². The second kappa shape index (κ2) is 6.23. The fraction of sp³-hybridized carbons (Fsp3) is 0.167. The Hall–Kier alpha value is -3.02. The van der Waals surface area contributed by atoms with E-state index in [1.165, 1.54) is 29.9 Å². The Labute approximate surface area is 137 Å². The number of aryl methyl sites for hydroxylation is 2. The van der Waals surface area contributed by atoms with Gasteiger partial charge in [0.1, 0.15) is 16.9 Å². The number of aromatic hydroxyl groups is 1. The first-order chi connectivity index (χ1) is 11.5. The van der Waals surface area contributed by atoms with Gasteiger partial charge in [0.2, 0.25) is 0 Å². The van der Waals surface area contributed by atoms with Crippen molar-refractivity contribution in [3.63, 3.8) is 0 Å². The minimum atomic E-state index is -0.558. The van der Waals surface area contributed by atoms with Crippen LogP contribution in [0.4, 0.5) is 4.39 Å². The number of carbonyl (C=O) groups excluding carboxylic acids is 1. The zero-order chi connectivity index (χ0) is 17.3. The predicted octanol–water partition coefficient (Wildman–Crippen LogP) is 2.59. The van der Waals surface area contributed by atoms with E-state index in [0.29, 0.717) is 11.9 Å². The largest absolute Gasteiger partial charge is 0.505 e. The van der Waals surface area contributed by atoms with Crippen molar-refractivity contribution in [1.29, 1.82) is 0 Å². The lowest BCUT2D eigenvalue weighted by molar-refractivity contribution is 0.0978. The van der Waals surface area contributed by atoms with Crippen molar-refractivity contribution in [3.8, 4) is 5.75 Å². The summed E-state index contributed by atoms with van der Waals surface area (Å²) in [6.45, 7) is 0. The van der Waals surface area contributed by atoms with Gasteiger partial charge >= 0.3 is 0 Å². The second-order valence-corrected chi connectivity index (χ2v) is 5.51. The van der Waals surface area contributed by atoms with Crippen LogP contribution in [-0.2, 0) is 13.5 Å². The summed E-state index contributed by atoms with van der Waals surface area (Å²) in [5.41, 5.74) is 0.628. The van der Waals surface area contributed by atoms with E-state index >= 15 is 0 Å². The highest BCUT2D eigenvalue weighted by Crippen LogP contribution is 2.24. The van der Waals surface area contributed by atoms with E-state index in [1.54, 1.807) is 24.3 Å². The van der Waals surface area contributed by atoms with Gasteiger partial charge in [-0.3, -0.25) is 14.6 Å². The lowest BCUT2D eigenvalue weighted by Crippen LogP contribution is -2.25. The van der Waals surface area contributed by atoms with Crippen molar-refractivity contribution in [2.75, 3.05) is 0 Å². The van der Waals surface area contributed by atoms with Gasteiger partial charge in [-0.25, -0.2) is 4.39 Å². The monoisotopic (exact) mass is 326 g/mol. The number of aromatic nitrogens is 2. The molecule has 0 spiro atoms. The summed E-state index contributed by atoms with van der Waals surface area (Å²) in [7, 11) is 1.53. The lowest BCUT2D eigenvalue weighted by Gasteiger charge is -2.10. The molecule has 0 aliphatic carbocycles. The molecule has 24 heavy (non-hydrogen) atoms. The van der Waals surface area contributed by atoms with Gasteiger partial charge in [0.05, 0.1) is 5.52 Å². The Balaban J connectivity index is 1.95. The normalized spacial score (nSPS) is 10.9. The molecular weight excluding hydrogens is 311 g/mol. The number of fused-ring (bicyclic) bond motifs is 1. The predicted molar refractivity (Wildman–Crippen MR) is 87.7 cm³/mol. The third-order valence-electron chi connectivity index (χ3n) is 3.96. The smallest absolute Gasteiger partial charge is 0.265 e. The summed E-state index contributed by atoms with van der Waals surface area (Å²) in [5.74, 6) is -1.21. The molecule has 6 heteroatoms. The second-order valence-electron chi connectivity index (χ2n) is 5.51. The molecule has 0 saturated carbocycles. The Morgan fingerprint density at radius 1 is 1.25 bits per heavy atom. The molecule has 2 heterocycles. The van der Waals surface area contributed by atoms with Crippen molar-refractivity contribution in [1.82, 2.24) is 9.55 Å². The lowest BCUT2D eigenvalue weighted by atomic mass is 10.0. The molecule has 0 saturated heterocycles. The first kappa shape index (κ1) is 15.9. The maximum Gasteiger partial charge on any atom is 0.265 e. The molecule has 0 fully saturated rings. The Morgan fingerprint density at radius 3 is 2.67 bits per heavy atom. The van der Waals surface area contributed by atoms with E-state index in [9.17, 15) is 19.1 Å². The van der Waals surface area contributed by atoms with E-state index in [1.807, 2.05) is 0 Å². The number of hydrogen-bond acceptors (Lipinski definition) is 4. The van der Waals surface area contributed by atoms with E-state index < -0.39 is 17.1 Å². The highest BCUT2D eigenvalue weighted by atomic mass is 19.1. The first-order valence-electron chi connectivity index (χ1n) is 7.43. The average molecular weight is 326 g/mol. The van der Waals surface area contributed by atoms with Crippen LogP contribution >= 0.6 is 0 Å². The van der Waals surface area contributed by atoms with Crippen LogP contribution in [0.25, 0.3) is 11.0 Å². The number of benzene rings is 1. The molecule has 0 aliphatic heterocycles. The quantitative estimate of drug-likeness (QED) is 0.748. The Morgan fingerprint density at radius 2 is 1.96 bits per heavy atom. The van der Waals surface area contributed by atoms with E-state index in [0.717, 1.165) is 5.56 Å². The molecule has 0 aliphatic rings. The maximum atomic E-state index is 12.9. The van der Waals surface area contributed by atoms with E-state index in [2.05, 4.69) is 4.98 Å². The molecule has 122 valence electrons. The van der Waals surface area contributed by atoms with Gasteiger partial charge in [-0.2, -0.15) is 0 Å². The Bertz CT molecular complexity index is 978. The molecule has 1 aromatic carbocycles. The molecule has 0 unspecified atom stereocenters. The Kier molecular flexibility index (Phi) is 4.12. The van der Waals surface area contributed by atoms with Crippen LogP contribution in [0.3, 0.4) is 0 Å². The molecule has 0 amide bonds. The number of carbonyl (C=O) groups is 1. The number of Topliss-reactive ketones (excluding diaryl/α,β-unsaturated/α-hetero) is 1. The van der Waals surface area contributed by atoms with Crippen LogP contribution in [0.2, 0.25) is 0 Å². The zero-order valence-electron chi connectivity index (χ0n) is 13.0. The van der Waals surface area contributed by atoms with Gasteiger partial charge in [0.25, 0.3) is 5.56 Å². The number of rotatable bonds is 4. The topological polar surface area (TPSA) is 72.2 Å². The number of pyridine rings is 2. The SMILES string of the molecule is Cn1c(=O)c(C(=O)CCc2ccc(F)cc2)c(O)c2ncccc21. The minimum Gasteiger partial charge on any atom is -0.505 e. The van der Waals surface area contributed by atoms with Crippen molar-refractivity contribution >= 4 is 16.8 Å². The zero-order valence-corrected chi connectivity index (χ0v) is 13.0. The molecule has 0 bridgehead atoms. The summed E-state index contributed by atoms with van der Waals surface area (Å²) in [6, 6.07) is 9.10. The van der Waals surface area contributed by atoms with Gasteiger partial charge in [0.15, 0.2) is 11.5 Å². The van der Waals surface area contributed by atoms with Gasteiger partial charge in [0, 0.05) is 19.7 Å². The van der Waals surface area contributed by atoms with Crippen LogP contribution in [0.1, 0.15) is 22.3 Å². The molecule has 3 aromatic rings. The number of halogens is 1. The van der Waals surface area contributed by atoms with Crippen LogP contribution in [0.5, 0.6) is 5.75 Å². The highest BCUT2D eigenvalue weighted by molar-refractivity contribution is 6.02. The van der Waals surface area contributed by atoms with Crippen molar-refractivity contribution in [3.05, 3.63) is 69.9 Å². The van der Waals surface area contributed by atoms with Crippen LogP contribution < -0.4 is 5.56 Å². The molecule has 0 radical (unpaired) electrons. The fourth-order valence-corrected chi connectivity index (χ4v) is 2.63. The third kappa shape index (κ3) is 2.78. The number of nitrogens with zero attached hydrogens (tertiary/aromatic N) is 2. The molecule has 5 nitrogen and oxygen atoms in total. The molecule has 2 aromatic heterocycles. The summed E-state index contributed by atoms with van der Waals surface area (Å²) in [4.78, 5) is 28.9. The summed E-state index contributed by atoms with van der Waals surface area (Å²) < 4.78 is 14.2. The first-order valence-corrected chi connectivity index (χ1v) is 7.43. The van der Waals surface area contributed by atoms with E-state index in [4.69, 9.17) is 0 Å². The minimum absolute atomic E-state index is 0.0345. The average Bonchev–Trinajstić information content (AvgIpc) is 2.59. The maximum absolute atomic E-state index is 12.9. The number of ketones is 1. The standard InChI is InChI=1S/C18H15FN2O3/c1-21-13-3-2-10-20-16(13)17(23)15(18(21)24)14(22)9-6-11-4-7-12(19)8-5-11/h2-5,7-8,10,23H,6,9H2,1H3. The van der Waals surface area contributed by atoms with Crippen LogP contribution in [0, 0.1) is 5.82 Å². The molecular formula is C18H15FN2O3. The summed E-state index contributed by atoms with van der Waals surface area (Å²) in [5, 5.41) is 10.3. The number of hydrogen-bond donors (Lipinski definition) is 1. The highest BCUT2D eigenvalue weighted by Gasteiger charge is 2.21. The van der Waals surface area contributed by atoms with Crippen LogP contribution in [-0.4, -0.2) is 20.4 Å². The van der Waals surface area contributed by atoms with Crippen molar-refractivity contribution < 1.29 is 14.3 Å². The molecule has 3 rings (SSSR count). The van der Waals surface area contributed by atoms with Gasteiger partial charge in [-0.05, 0) is 36.2 Å².